The van der Waals surface area contributed by atoms with Crippen LogP contribution in [0.1, 0.15) is 0 Å². The third kappa shape index (κ3) is 1.97. The van der Waals surface area contributed by atoms with Gasteiger partial charge in [0.2, 0.25) is 4.96 Å². The quantitative estimate of drug-likeness (QED) is 0.442. The SMILES string of the molecule is c1ccc(-c2c(-c3cccc4ccccc34)sc3ncnn23)cc1. The molecule has 0 aliphatic heterocycles. The molecular weight excluding hydrogens is 314 g/mol. The molecule has 0 aliphatic rings. The number of benzene rings is 3. The van der Waals surface area contributed by atoms with Crippen LogP contribution < -0.4 is 0 Å². The van der Waals surface area contributed by atoms with Crippen LogP contribution in [0.3, 0.4) is 0 Å². The van der Waals surface area contributed by atoms with E-state index in [0.29, 0.717) is 0 Å². The van der Waals surface area contributed by atoms with Crippen molar-refractivity contribution in [3.63, 3.8) is 0 Å². The Kier molecular flexibility index (Phi) is 2.96. The molecule has 5 aromatic rings. The van der Waals surface area contributed by atoms with Gasteiger partial charge < -0.3 is 0 Å². The molecule has 114 valence electrons. The summed E-state index contributed by atoms with van der Waals surface area (Å²) in [5, 5.41) is 6.93. The van der Waals surface area contributed by atoms with Gasteiger partial charge in [-0.3, -0.25) is 0 Å². The van der Waals surface area contributed by atoms with Crippen LogP contribution in [0.5, 0.6) is 0 Å². The Morgan fingerprint density at radius 2 is 1.58 bits per heavy atom. The Hall–Kier alpha value is -2.98. The average Bonchev–Trinajstić information content (AvgIpc) is 3.23. The highest BCUT2D eigenvalue weighted by Gasteiger charge is 2.18. The van der Waals surface area contributed by atoms with Crippen LogP contribution in [0, 0.1) is 0 Å². The predicted octanol–water partition coefficient (Wildman–Crippen LogP) is 5.28. The second-order valence-electron chi connectivity index (χ2n) is 5.63. The number of rotatable bonds is 2. The molecule has 0 unspecified atom stereocenters. The first-order chi connectivity index (χ1) is 11.9. The minimum absolute atomic E-state index is 0.914. The highest BCUT2D eigenvalue weighted by molar-refractivity contribution is 7.21. The monoisotopic (exact) mass is 327 g/mol. The van der Waals surface area contributed by atoms with Crippen molar-refractivity contribution in [2.45, 2.75) is 0 Å². The molecule has 3 aromatic carbocycles. The van der Waals surface area contributed by atoms with Crippen LogP contribution >= 0.6 is 11.3 Å². The lowest BCUT2D eigenvalue weighted by atomic mass is 10.0. The van der Waals surface area contributed by atoms with E-state index in [-0.39, 0.29) is 0 Å². The minimum Gasteiger partial charge on any atom is -0.206 e. The molecule has 0 N–H and O–H groups in total. The van der Waals surface area contributed by atoms with Gasteiger partial charge in [-0.15, -0.1) is 0 Å². The first-order valence-electron chi connectivity index (χ1n) is 7.78. The van der Waals surface area contributed by atoms with Crippen molar-refractivity contribution in [1.82, 2.24) is 14.6 Å². The third-order valence-corrected chi connectivity index (χ3v) is 5.30. The van der Waals surface area contributed by atoms with E-state index < -0.39 is 0 Å². The Labute approximate surface area is 142 Å². The maximum absolute atomic E-state index is 4.44. The molecule has 0 radical (unpaired) electrons. The molecule has 2 aromatic heterocycles. The van der Waals surface area contributed by atoms with E-state index in [1.807, 2.05) is 10.6 Å². The van der Waals surface area contributed by atoms with Gasteiger partial charge in [0.1, 0.15) is 6.33 Å². The number of hydrogen-bond acceptors (Lipinski definition) is 3. The Morgan fingerprint density at radius 1 is 0.792 bits per heavy atom. The largest absolute Gasteiger partial charge is 0.213 e. The summed E-state index contributed by atoms with van der Waals surface area (Å²) in [6.45, 7) is 0. The van der Waals surface area contributed by atoms with Gasteiger partial charge in [-0.2, -0.15) is 5.10 Å². The zero-order chi connectivity index (χ0) is 15.9. The van der Waals surface area contributed by atoms with Crippen LogP contribution in [0.25, 0.3) is 37.4 Å². The second kappa shape index (κ2) is 5.28. The zero-order valence-electron chi connectivity index (χ0n) is 12.8. The minimum atomic E-state index is 0.914. The topological polar surface area (TPSA) is 30.2 Å². The molecule has 0 atom stereocenters. The van der Waals surface area contributed by atoms with Crippen molar-refractivity contribution in [2.24, 2.45) is 0 Å². The van der Waals surface area contributed by atoms with Crippen LogP contribution in [-0.2, 0) is 0 Å². The van der Waals surface area contributed by atoms with E-state index >= 15 is 0 Å². The molecule has 0 saturated heterocycles. The number of nitrogens with zero attached hydrogens (tertiary/aromatic N) is 3. The van der Waals surface area contributed by atoms with Crippen LogP contribution in [0.2, 0.25) is 0 Å². The lowest BCUT2D eigenvalue weighted by molar-refractivity contribution is 0.985. The standard InChI is InChI=1S/C20H13N3S/c1-2-8-15(9-3-1)18-19(24-20-21-13-22-23(18)20)17-12-6-10-14-7-4-5-11-16(14)17/h1-13H. The third-order valence-electron chi connectivity index (χ3n) is 4.22. The average molecular weight is 327 g/mol. The summed E-state index contributed by atoms with van der Waals surface area (Å²) in [6.07, 6.45) is 1.62. The van der Waals surface area contributed by atoms with Crippen molar-refractivity contribution in [1.29, 1.82) is 0 Å². The summed E-state index contributed by atoms with van der Waals surface area (Å²) in [6, 6.07) is 25.3. The second-order valence-corrected chi connectivity index (χ2v) is 6.60. The fourth-order valence-corrected chi connectivity index (χ4v) is 4.24. The van der Waals surface area contributed by atoms with Crippen molar-refractivity contribution in [3.8, 4) is 21.7 Å². The molecular formula is C20H13N3S. The van der Waals surface area contributed by atoms with Gasteiger partial charge in [0.15, 0.2) is 0 Å². The molecule has 0 fully saturated rings. The van der Waals surface area contributed by atoms with Crippen molar-refractivity contribution >= 4 is 27.1 Å². The molecule has 0 aliphatic carbocycles. The molecule has 2 heterocycles. The van der Waals surface area contributed by atoms with Gasteiger partial charge in [0.25, 0.3) is 0 Å². The lowest BCUT2D eigenvalue weighted by Crippen LogP contribution is -1.90. The molecule has 4 heteroatoms. The maximum atomic E-state index is 4.44. The van der Waals surface area contributed by atoms with E-state index in [1.165, 1.54) is 21.2 Å². The molecule has 0 bridgehead atoms. The molecule has 5 rings (SSSR count). The fourth-order valence-electron chi connectivity index (χ4n) is 3.15. The molecule has 0 spiro atoms. The summed E-state index contributed by atoms with van der Waals surface area (Å²) in [7, 11) is 0. The summed E-state index contributed by atoms with van der Waals surface area (Å²) < 4.78 is 1.94. The van der Waals surface area contributed by atoms with Gasteiger partial charge in [-0.05, 0) is 10.8 Å². The van der Waals surface area contributed by atoms with E-state index in [2.05, 4.69) is 76.8 Å². The zero-order valence-corrected chi connectivity index (χ0v) is 13.6. The number of aromatic nitrogens is 3. The van der Waals surface area contributed by atoms with Crippen molar-refractivity contribution < 1.29 is 0 Å². The first kappa shape index (κ1) is 13.5. The van der Waals surface area contributed by atoms with Crippen LogP contribution in [0.15, 0.2) is 79.1 Å². The Balaban J connectivity index is 1.89. The normalized spacial score (nSPS) is 11.3. The van der Waals surface area contributed by atoms with E-state index in [4.69, 9.17) is 0 Å². The van der Waals surface area contributed by atoms with Crippen LogP contribution in [0.4, 0.5) is 0 Å². The summed E-state index contributed by atoms with van der Waals surface area (Å²) >= 11 is 1.68. The molecule has 3 nitrogen and oxygen atoms in total. The van der Waals surface area contributed by atoms with E-state index in [1.54, 1.807) is 17.7 Å². The highest BCUT2D eigenvalue weighted by atomic mass is 32.1. The van der Waals surface area contributed by atoms with Gasteiger partial charge in [0.05, 0.1) is 10.6 Å². The number of hydrogen-bond donors (Lipinski definition) is 0. The number of fused-ring (bicyclic) bond motifs is 2. The first-order valence-corrected chi connectivity index (χ1v) is 8.59. The maximum Gasteiger partial charge on any atom is 0.213 e. The Bertz CT molecular complexity index is 1150. The van der Waals surface area contributed by atoms with E-state index in [0.717, 1.165) is 16.2 Å². The predicted molar refractivity (Wildman–Crippen MR) is 99.2 cm³/mol. The fraction of sp³-hybridized carbons (Fsp3) is 0. The summed E-state index contributed by atoms with van der Waals surface area (Å²) in [5.41, 5.74) is 3.48. The molecule has 0 saturated carbocycles. The van der Waals surface area contributed by atoms with Crippen LogP contribution in [-0.4, -0.2) is 14.6 Å². The Morgan fingerprint density at radius 3 is 2.50 bits per heavy atom. The van der Waals surface area contributed by atoms with Gasteiger partial charge >= 0.3 is 0 Å². The lowest BCUT2D eigenvalue weighted by Gasteiger charge is -2.08. The van der Waals surface area contributed by atoms with Crippen molar-refractivity contribution in [2.75, 3.05) is 0 Å². The van der Waals surface area contributed by atoms with Gasteiger partial charge in [0, 0.05) is 11.1 Å². The van der Waals surface area contributed by atoms with Gasteiger partial charge in [-0.1, -0.05) is 84.1 Å². The molecule has 0 amide bonds. The van der Waals surface area contributed by atoms with Crippen molar-refractivity contribution in [3.05, 3.63) is 79.1 Å². The number of thiazole rings is 1. The summed E-state index contributed by atoms with van der Waals surface area (Å²) in [4.78, 5) is 6.52. The smallest absolute Gasteiger partial charge is 0.206 e. The molecule has 24 heavy (non-hydrogen) atoms. The van der Waals surface area contributed by atoms with Gasteiger partial charge in [-0.25, -0.2) is 9.50 Å². The van der Waals surface area contributed by atoms with E-state index in [9.17, 15) is 0 Å². The highest BCUT2D eigenvalue weighted by Crippen LogP contribution is 2.41. The summed E-state index contributed by atoms with van der Waals surface area (Å²) in [5.74, 6) is 0.